The molecule has 1 aromatic rings. The van der Waals surface area contributed by atoms with E-state index in [0.717, 1.165) is 50.4 Å². The van der Waals surface area contributed by atoms with E-state index in [2.05, 4.69) is 4.90 Å². The van der Waals surface area contributed by atoms with E-state index < -0.39 is 11.6 Å². The second-order valence-electron chi connectivity index (χ2n) is 6.34. The monoisotopic (exact) mass is 281 g/mol. The average Bonchev–Trinajstić information content (AvgIpc) is 2.80. The normalized spacial score (nSPS) is 25.6. The standard InChI is InChI=1S/C16H21F2NO/c17-13-7-12(8-14(18)9-13)15-3-1-6-19(15)10-16(11-20)4-2-5-16/h7-9,15,20H,1-6,10-11H2/t15-/m1/s1. The van der Waals surface area contributed by atoms with E-state index in [0.29, 0.717) is 0 Å². The number of rotatable bonds is 4. The molecule has 1 saturated carbocycles. The molecule has 3 rings (SSSR count). The van der Waals surface area contributed by atoms with Crippen molar-refractivity contribution in [2.75, 3.05) is 19.7 Å². The van der Waals surface area contributed by atoms with Crippen LogP contribution in [0.15, 0.2) is 18.2 Å². The van der Waals surface area contributed by atoms with Gasteiger partial charge in [-0.1, -0.05) is 6.42 Å². The van der Waals surface area contributed by atoms with E-state index in [1.54, 1.807) is 0 Å². The van der Waals surface area contributed by atoms with Crippen LogP contribution in [0.4, 0.5) is 8.78 Å². The highest BCUT2D eigenvalue weighted by molar-refractivity contribution is 5.22. The summed E-state index contributed by atoms with van der Waals surface area (Å²) in [6.07, 6.45) is 5.27. The average molecular weight is 281 g/mol. The third kappa shape index (κ3) is 2.59. The Balaban J connectivity index is 1.78. The van der Waals surface area contributed by atoms with Crippen molar-refractivity contribution in [1.29, 1.82) is 0 Å². The Labute approximate surface area is 118 Å². The van der Waals surface area contributed by atoms with E-state index in [-0.39, 0.29) is 18.1 Å². The number of likely N-dealkylation sites (tertiary alicyclic amines) is 1. The van der Waals surface area contributed by atoms with Crippen LogP contribution in [0.2, 0.25) is 0 Å². The molecular formula is C16H21F2NO. The summed E-state index contributed by atoms with van der Waals surface area (Å²) in [7, 11) is 0. The van der Waals surface area contributed by atoms with E-state index in [9.17, 15) is 13.9 Å². The zero-order valence-electron chi connectivity index (χ0n) is 11.6. The summed E-state index contributed by atoms with van der Waals surface area (Å²) in [4.78, 5) is 2.30. The Kier molecular flexibility index (Phi) is 3.78. The van der Waals surface area contributed by atoms with E-state index in [1.807, 2.05) is 0 Å². The molecule has 2 fully saturated rings. The fraction of sp³-hybridized carbons (Fsp3) is 0.625. The quantitative estimate of drug-likeness (QED) is 0.915. The number of hydrogen-bond donors (Lipinski definition) is 1. The molecule has 0 radical (unpaired) electrons. The SMILES string of the molecule is OCC1(CN2CCC[C@@H]2c2cc(F)cc(F)c2)CCC1. The van der Waals surface area contributed by atoms with Gasteiger partial charge in [0, 0.05) is 30.7 Å². The first-order valence-electron chi connectivity index (χ1n) is 7.43. The van der Waals surface area contributed by atoms with Gasteiger partial charge in [-0.2, -0.15) is 0 Å². The molecule has 1 atom stereocenters. The largest absolute Gasteiger partial charge is 0.396 e. The summed E-state index contributed by atoms with van der Waals surface area (Å²) in [6.45, 7) is 2.00. The Morgan fingerprint density at radius 1 is 1.15 bits per heavy atom. The molecule has 20 heavy (non-hydrogen) atoms. The van der Waals surface area contributed by atoms with Gasteiger partial charge in [0.1, 0.15) is 11.6 Å². The molecule has 1 aliphatic carbocycles. The lowest BCUT2D eigenvalue weighted by atomic mass is 9.69. The summed E-state index contributed by atoms with van der Waals surface area (Å²) in [6, 6.07) is 3.89. The minimum absolute atomic E-state index is 0.0223. The van der Waals surface area contributed by atoms with Crippen LogP contribution in [0.1, 0.15) is 43.7 Å². The number of aliphatic hydroxyl groups excluding tert-OH is 1. The molecule has 110 valence electrons. The van der Waals surface area contributed by atoms with Crippen molar-refractivity contribution in [3.8, 4) is 0 Å². The molecule has 0 spiro atoms. The van der Waals surface area contributed by atoms with Crippen LogP contribution in [0.25, 0.3) is 0 Å². The number of nitrogens with zero attached hydrogens (tertiary/aromatic N) is 1. The highest BCUT2D eigenvalue weighted by atomic mass is 19.1. The molecule has 0 bridgehead atoms. The van der Waals surface area contributed by atoms with E-state index in [1.165, 1.54) is 18.6 Å². The lowest BCUT2D eigenvalue weighted by Crippen LogP contribution is -2.44. The topological polar surface area (TPSA) is 23.5 Å². The Morgan fingerprint density at radius 3 is 2.40 bits per heavy atom. The Morgan fingerprint density at radius 2 is 1.85 bits per heavy atom. The Bertz CT molecular complexity index is 462. The van der Waals surface area contributed by atoms with Crippen molar-refractivity contribution in [3.05, 3.63) is 35.4 Å². The first-order valence-corrected chi connectivity index (χ1v) is 7.43. The maximum atomic E-state index is 13.4. The molecule has 0 unspecified atom stereocenters. The molecule has 1 aliphatic heterocycles. The summed E-state index contributed by atoms with van der Waals surface area (Å²) >= 11 is 0. The first-order chi connectivity index (χ1) is 9.62. The minimum atomic E-state index is -0.507. The van der Waals surface area contributed by atoms with Crippen LogP contribution < -0.4 is 0 Å². The fourth-order valence-electron chi connectivity index (χ4n) is 3.63. The number of halogens is 2. The van der Waals surface area contributed by atoms with Crippen molar-refractivity contribution in [2.24, 2.45) is 5.41 Å². The van der Waals surface area contributed by atoms with Gasteiger partial charge in [-0.15, -0.1) is 0 Å². The first kappa shape index (κ1) is 14.0. The second kappa shape index (κ2) is 5.41. The van der Waals surface area contributed by atoms with Gasteiger partial charge in [-0.05, 0) is 49.9 Å². The van der Waals surface area contributed by atoms with Crippen molar-refractivity contribution < 1.29 is 13.9 Å². The third-order valence-electron chi connectivity index (χ3n) is 4.92. The Hall–Kier alpha value is -1.00. The van der Waals surface area contributed by atoms with Crippen LogP contribution in [-0.4, -0.2) is 29.7 Å². The van der Waals surface area contributed by atoms with Gasteiger partial charge in [0.05, 0.1) is 0 Å². The summed E-state index contributed by atoms with van der Waals surface area (Å²) in [5.41, 5.74) is 0.751. The number of hydrogen-bond acceptors (Lipinski definition) is 2. The summed E-state index contributed by atoms with van der Waals surface area (Å²) < 4.78 is 26.8. The molecule has 4 heteroatoms. The minimum Gasteiger partial charge on any atom is -0.396 e. The predicted molar refractivity (Wildman–Crippen MR) is 73.3 cm³/mol. The fourth-order valence-corrected chi connectivity index (χ4v) is 3.63. The molecule has 0 aromatic heterocycles. The summed E-state index contributed by atoms with van der Waals surface area (Å²) in [5, 5.41) is 9.60. The van der Waals surface area contributed by atoms with Crippen LogP contribution in [0.5, 0.6) is 0 Å². The molecule has 1 aromatic carbocycles. The van der Waals surface area contributed by atoms with Crippen LogP contribution >= 0.6 is 0 Å². The van der Waals surface area contributed by atoms with Crippen molar-refractivity contribution in [2.45, 2.75) is 38.1 Å². The van der Waals surface area contributed by atoms with Crippen LogP contribution in [0, 0.1) is 17.0 Å². The molecule has 1 N–H and O–H groups in total. The van der Waals surface area contributed by atoms with Gasteiger partial charge in [-0.25, -0.2) is 8.78 Å². The van der Waals surface area contributed by atoms with E-state index >= 15 is 0 Å². The van der Waals surface area contributed by atoms with Crippen molar-refractivity contribution in [1.82, 2.24) is 4.90 Å². The van der Waals surface area contributed by atoms with Gasteiger partial charge >= 0.3 is 0 Å². The molecule has 2 aliphatic rings. The van der Waals surface area contributed by atoms with Gasteiger partial charge < -0.3 is 5.11 Å². The third-order valence-corrected chi connectivity index (χ3v) is 4.92. The maximum Gasteiger partial charge on any atom is 0.126 e. The van der Waals surface area contributed by atoms with Crippen LogP contribution in [0.3, 0.4) is 0 Å². The number of aliphatic hydroxyl groups is 1. The van der Waals surface area contributed by atoms with E-state index in [4.69, 9.17) is 0 Å². The lowest BCUT2D eigenvalue weighted by molar-refractivity contribution is 0.00397. The summed E-state index contributed by atoms with van der Waals surface area (Å²) in [5.74, 6) is -1.01. The predicted octanol–water partition coefficient (Wildman–Crippen LogP) is 3.26. The number of benzene rings is 1. The van der Waals surface area contributed by atoms with Gasteiger partial charge in [0.2, 0.25) is 0 Å². The molecule has 1 saturated heterocycles. The molecular weight excluding hydrogens is 260 g/mol. The smallest absolute Gasteiger partial charge is 0.126 e. The van der Waals surface area contributed by atoms with Gasteiger partial charge in [-0.3, -0.25) is 4.90 Å². The molecule has 1 heterocycles. The van der Waals surface area contributed by atoms with Crippen molar-refractivity contribution in [3.63, 3.8) is 0 Å². The lowest BCUT2D eigenvalue weighted by Gasteiger charge is -2.44. The highest BCUT2D eigenvalue weighted by Gasteiger charge is 2.40. The maximum absolute atomic E-state index is 13.4. The highest BCUT2D eigenvalue weighted by Crippen LogP contribution is 2.44. The van der Waals surface area contributed by atoms with Gasteiger partial charge in [0.15, 0.2) is 0 Å². The van der Waals surface area contributed by atoms with Gasteiger partial charge in [0.25, 0.3) is 0 Å². The zero-order chi connectivity index (χ0) is 14.2. The molecule has 0 amide bonds. The van der Waals surface area contributed by atoms with Crippen molar-refractivity contribution >= 4 is 0 Å². The zero-order valence-corrected chi connectivity index (χ0v) is 11.6. The van der Waals surface area contributed by atoms with Crippen LogP contribution in [-0.2, 0) is 0 Å². The second-order valence-corrected chi connectivity index (χ2v) is 6.34. The molecule has 2 nitrogen and oxygen atoms in total.